The zero-order chi connectivity index (χ0) is 44.0. The highest BCUT2D eigenvalue weighted by atomic mass is 16.6. The number of rotatable bonds is 48. The third kappa shape index (κ3) is 45.9. The van der Waals surface area contributed by atoms with Gasteiger partial charge in [0.05, 0.1) is 0 Å². The minimum atomic E-state index is -0.760. The molecule has 0 bridgehead atoms. The summed E-state index contributed by atoms with van der Waals surface area (Å²) < 4.78 is 16.8. The first-order valence-electron chi connectivity index (χ1n) is 26.8. The van der Waals surface area contributed by atoms with Crippen LogP contribution >= 0.6 is 0 Å². The van der Waals surface area contributed by atoms with Crippen LogP contribution in [0.5, 0.6) is 0 Å². The van der Waals surface area contributed by atoms with Gasteiger partial charge in [0.2, 0.25) is 0 Å². The third-order valence-corrected chi connectivity index (χ3v) is 12.6. The summed E-state index contributed by atoms with van der Waals surface area (Å²) in [5.41, 5.74) is 0. The maximum Gasteiger partial charge on any atom is 0.306 e. The van der Waals surface area contributed by atoms with Crippen LogP contribution in [0.2, 0.25) is 0 Å². The fourth-order valence-electron chi connectivity index (χ4n) is 8.13. The van der Waals surface area contributed by atoms with Crippen molar-refractivity contribution in [1.29, 1.82) is 0 Å². The SMILES string of the molecule is CCCCCCCCCC(=O)O[C@H](COC(=O)CCCCCCCCCCCCCCCCC(C)C)COC(=O)CCCCCCCCCCCCCCCCC(C)CC. The molecule has 0 heterocycles. The lowest BCUT2D eigenvalue weighted by Crippen LogP contribution is -2.30. The molecule has 0 aliphatic heterocycles. The molecule has 0 aromatic rings. The zero-order valence-electron chi connectivity index (χ0n) is 41.1. The molecule has 60 heavy (non-hydrogen) atoms. The fourth-order valence-corrected chi connectivity index (χ4v) is 8.13. The molecule has 0 rings (SSSR count). The van der Waals surface area contributed by atoms with Gasteiger partial charge in [-0.15, -0.1) is 0 Å². The molecule has 0 amide bonds. The lowest BCUT2D eigenvalue weighted by molar-refractivity contribution is -0.167. The molecule has 0 aliphatic rings. The Morgan fingerprint density at radius 2 is 0.633 bits per heavy atom. The van der Waals surface area contributed by atoms with Gasteiger partial charge in [-0.05, 0) is 31.1 Å². The summed E-state index contributed by atoms with van der Waals surface area (Å²) in [6.07, 6.45) is 48.1. The predicted octanol–water partition coefficient (Wildman–Crippen LogP) is 17.3. The summed E-state index contributed by atoms with van der Waals surface area (Å²) in [6, 6.07) is 0. The zero-order valence-corrected chi connectivity index (χ0v) is 41.1. The number of hydrogen-bond donors (Lipinski definition) is 0. The number of carbonyl (C=O) groups is 3. The highest BCUT2D eigenvalue weighted by molar-refractivity contribution is 5.71. The molecule has 0 saturated heterocycles. The standard InChI is InChI=1S/C54H104O6/c1-6-8-9-10-27-36-41-46-54(57)60-51(47-58-52(55)44-39-34-30-25-21-17-13-11-15-19-23-28-32-37-42-49(3)4)48-59-53(56)45-40-35-31-26-22-18-14-12-16-20-24-29-33-38-43-50(5)7-2/h49-51H,6-48H2,1-5H3/t50?,51-/m1/s1. The highest BCUT2D eigenvalue weighted by Gasteiger charge is 2.19. The molecule has 0 aliphatic carbocycles. The van der Waals surface area contributed by atoms with Crippen LogP contribution in [-0.4, -0.2) is 37.2 Å². The van der Waals surface area contributed by atoms with Crippen molar-refractivity contribution in [3.05, 3.63) is 0 Å². The molecule has 0 N–H and O–H groups in total. The second kappa shape index (κ2) is 46.9. The van der Waals surface area contributed by atoms with E-state index in [2.05, 4.69) is 34.6 Å². The van der Waals surface area contributed by atoms with Crippen LogP contribution in [0, 0.1) is 11.8 Å². The lowest BCUT2D eigenvalue weighted by Gasteiger charge is -2.18. The van der Waals surface area contributed by atoms with E-state index in [0.717, 1.165) is 69.6 Å². The van der Waals surface area contributed by atoms with Gasteiger partial charge in [-0.25, -0.2) is 0 Å². The quantitative estimate of drug-likeness (QED) is 0.0345. The average molecular weight is 849 g/mol. The number of ether oxygens (including phenoxy) is 3. The molecule has 356 valence electrons. The maximum atomic E-state index is 12.7. The normalized spacial score (nSPS) is 12.5. The second-order valence-electron chi connectivity index (χ2n) is 19.2. The molecule has 2 atom stereocenters. The first-order valence-corrected chi connectivity index (χ1v) is 26.8. The largest absolute Gasteiger partial charge is 0.462 e. The van der Waals surface area contributed by atoms with Gasteiger partial charge in [-0.2, -0.15) is 0 Å². The smallest absolute Gasteiger partial charge is 0.306 e. The van der Waals surface area contributed by atoms with Crippen LogP contribution in [0.1, 0.15) is 298 Å². The van der Waals surface area contributed by atoms with E-state index >= 15 is 0 Å². The molecule has 0 spiro atoms. The van der Waals surface area contributed by atoms with Crippen molar-refractivity contribution in [2.75, 3.05) is 13.2 Å². The molecule has 1 unspecified atom stereocenters. The molecular weight excluding hydrogens is 745 g/mol. The van der Waals surface area contributed by atoms with Gasteiger partial charge in [0.1, 0.15) is 13.2 Å². The summed E-state index contributed by atoms with van der Waals surface area (Å²) in [6.45, 7) is 11.4. The van der Waals surface area contributed by atoms with Crippen molar-refractivity contribution in [1.82, 2.24) is 0 Å². The Hall–Kier alpha value is -1.59. The first-order chi connectivity index (χ1) is 29.3. The molecule has 0 saturated carbocycles. The molecular formula is C54H104O6. The van der Waals surface area contributed by atoms with Crippen molar-refractivity contribution in [3.63, 3.8) is 0 Å². The summed E-state index contributed by atoms with van der Waals surface area (Å²) in [4.78, 5) is 37.8. The van der Waals surface area contributed by atoms with Gasteiger partial charge in [-0.3, -0.25) is 14.4 Å². The summed E-state index contributed by atoms with van der Waals surface area (Å²) >= 11 is 0. The first kappa shape index (κ1) is 58.4. The average Bonchev–Trinajstić information content (AvgIpc) is 3.23. The Morgan fingerprint density at radius 3 is 0.950 bits per heavy atom. The van der Waals surface area contributed by atoms with E-state index < -0.39 is 6.10 Å². The van der Waals surface area contributed by atoms with Gasteiger partial charge in [0, 0.05) is 19.3 Å². The van der Waals surface area contributed by atoms with Crippen LogP contribution in [0.3, 0.4) is 0 Å². The van der Waals surface area contributed by atoms with Gasteiger partial charge in [0.15, 0.2) is 6.10 Å². The Bertz CT molecular complexity index is 918. The van der Waals surface area contributed by atoms with E-state index in [1.54, 1.807) is 0 Å². The van der Waals surface area contributed by atoms with E-state index in [4.69, 9.17) is 14.2 Å². The van der Waals surface area contributed by atoms with E-state index in [0.29, 0.717) is 19.3 Å². The Labute approximate surface area is 374 Å². The summed E-state index contributed by atoms with van der Waals surface area (Å²) in [5.74, 6) is 0.888. The monoisotopic (exact) mass is 849 g/mol. The Balaban J connectivity index is 4.14. The maximum absolute atomic E-state index is 12.7. The van der Waals surface area contributed by atoms with Gasteiger partial charge >= 0.3 is 17.9 Å². The number of carbonyl (C=O) groups excluding carboxylic acids is 3. The van der Waals surface area contributed by atoms with E-state index in [9.17, 15) is 14.4 Å². The number of hydrogen-bond acceptors (Lipinski definition) is 6. The van der Waals surface area contributed by atoms with E-state index in [1.807, 2.05) is 0 Å². The van der Waals surface area contributed by atoms with Crippen LogP contribution in [0.15, 0.2) is 0 Å². The second-order valence-corrected chi connectivity index (χ2v) is 19.2. The van der Waals surface area contributed by atoms with Gasteiger partial charge < -0.3 is 14.2 Å². The van der Waals surface area contributed by atoms with Gasteiger partial charge in [0.25, 0.3) is 0 Å². The molecule has 0 radical (unpaired) electrons. The van der Waals surface area contributed by atoms with Crippen LogP contribution < -0.4 is 0 Å². The van der Waals surface area contributed by atoms with E-state index in [1.165, 1.54) is 186 Å². The van der Waals surface area contributed by atoms with E-state index in [-0.39, 0.29) is 31.1 Å². The third-order valence-electron chi connectivity index (χ3n) is 12.6. The Morgan fingerprint density at radius 1 is 0.350 bits per heavy atom. The number of esters is 3. The summed E-state index contributed by atoms with van der Waals surface area (Å²) in [5, 5.41) is 0. The van der Waals surface area contributed by atoms with Crippen molar-refractivity contribution in [2.45, 2.75) is 304 Å². The van der Waals surface area contributed by atoms with Crippen molar-refractivity contribution < 1.29 is 28.6 Å². The van der Waals surface area contributed by atoms with Gasteiger partial charge in [-0.1, -0.05) is 259 Å². The van der Waals surface area contributed by atoms with Crippen LogP contribution in [0.25, 0.3) is 0 Å². The minimum absolute atomic E-state index is 0.0639. The molecule has 6 heteroatoms. The Kier molecular flexibility index (Phi) is 45.7. The summed E-state index contributed by atoms with van der Waals surface area (Å²) in [7, 11) is 0. The highest BCUT2D eigenvalue weighted by Crippen LogP contribution is 2.18. The predicted molar refractivity (Wildman–Crippen MR) is 256 cm³/mol. The van der Waals surface area contributed by atoms with Crippen LogP contribution in [0.4, 0.5) is 0 Å². The fraction of sp³-hybridized carbons (Fsp3) is 0.944. The lowest BCUT2D eigenvalue weighted by atomic mass is 9.99. The molecule has 6 nitrogen and oxygen atoms in total. The van der Waals surface area contributed by atoms with Crippen molar-refractivity contribution in [3.8, 4) is 0 Å². The van der Waals surface area contributed by atoms with Crippen LogP contribution in [-0.2, 0) is 28.6 Å². The molecule has 0 aromatic heterocycles. The molecule has 0 fully saturated rings. The minimum Gasteiger partial charge on any atom is -0.462 e. The number of unbranched alkanes of at least 4 members (excludes halogenated alkanes) is 32. The topological polar surface area (TPSA) is 78.9 Å². The van der Waals surface area contributed by atoms with Crippen molar-refractivity contribution >= 4 is 17.9 Å². The van der Waals surface area contributed by atoms with Crippen molar-refractivity contribution in [2.24, 2.45) is 11.8 Å². The molecule has 0 aromatic carbocycles.